The molecule has 14 heavy (non-hydrogen) atoms. The van der Waals surface area contributed by atoms with E-state index in [1.54, 1.807) is 0 Å². The third-order valence-corrected chi connectivity index (χ3v) is 4.18. The Kier molecular flexibility index (Phi) is 3.16. The highest BCUT2D eigenvalue weighted by molar-refractivity contribution is 4.86. The predicted octanol–water partition coefficient (Wildman–Crippen LogP) is 3.34. The van der Waals surface area contributed by atoms with E-state index in [1.807, 2.05) is 0 Å². The molecule has 0 radical (unpaired) electrons. The summed E-state index contributed by atoms with van der Waals surface area (Å²) in [7, 11) is 0. The Labute approximate surface area is 88.7 Å². The first-order chi connectivity index (χ1) is 6.66. The van der Waals surface area contributed by atoms with E-state index in [1.165, 1.54) is 51.5 Å². The van der Waals surface area contributed by atoms with Crippen LogP contribution in [0.2, 0.25) is 0 Å². The van der Waals surface area contributed by atoms with Crippen LogP contribution in [-0.4, -0.2) is 12.6 Å². The van der Waals surface area contributed by atoms with Crippen molar-refractivity contribution in [2.45, 2.75) is 64.8 Å². The van der Waals surface area contributed by atoms with Gasteiger partial charge >= 0.3 is 0 Å². The summed E-state index contributed by atoms with van der Waals surface area (Å²) >= 11 is 0. The molecule has 2 saturated carbocycles. The van der Waals surface area contributed by atoms with E-state index in [0.717, 1.165) is 12.0 Å². The molecule has 0 aromatic carbocycles. The molecule has 0 heterocycles. The van der Waals surface area contributed by atoms with E-state index < -0.39 is 0 Å². The minimum atomic E-state index is 0.605. The van der Waals surface area contributed by atoms with Gasteiger partial charge in [0, 0.05) is 6.04 Å². The Bertz CT molecular complexity index is 182. The van der Waals surface area contributed by atoms with Crippen LogP contribution in [0.5, 0.6) is 0 Å². The highest BCUT2D eigenvalue weighted by atomic mass is 14.9. The zero-order chi connectivity index (χ0) is 10.0. The van der Waals surface area contributed by atoms with Gasteiger partial charge in [0.1, 0.15) is 0 Å². The summed E-state index contributed by atoms with van der Waals surface area (Å²) in [5.41, 5.74) is 0.605. The molecule has 1 atom stereocenters. The van der Waals surface area contributed by atoms with Crippen LogP contribution in [0.3, 0.4) is 0 Å². The van der Waals surface area contributed by atoms with E-state index in [0.29, 0.717) is 5.41 Å². The van der Waals surface area contributed by atoms with E-state index in [9.17, 15) is 0 Å². The van der Waals surface area contributed by atoms with Crippen LogP contribution in [0.25, 0.3) is 0 Å². The average Bonchev–Trinajstić information content (AvgIpc) is 2.36. The molecular formula is C13H25N. The topological polar surface area (TPSA) is 12.0 Å². The van der Waals surface area contributed by atoms with Gasteiger partial charge in [-0.1, -0.05) is 33.1 Å². The number of hydrogen-bond donors (Lipinski definition) is 1. The molecule has 0 amide bonds. The summed E-state index contributed by atoms with van der Waals surface area (Å²) < 4.78 is 0. The zero-order valence-corrected chi connectivity index (χ0v) is 9.81. The quantitative estimate of drug-likeness (QED) is 0.725. The summed E-state index contributed by atoms with van der Waals surface area (Å²) in [5, 5.41) is 3.74. The minimum absolute atomic E-state index is 0.605. The van der Waals surface area contributed by atoms with Crippen molar-refractivity contribution >= 4 is 0 Å². The Balaban J connectivity index is 1.57. The van der Waals surface area contributed by atoms with Crippen molar-refractivity contribution in [2.75, 3.05) is 6.54 Å². The molecule has 1 unspecified atom stereocenters. The maximum atomic E-state index is 3.74. The van der Waals surface area contributed by atoms with Gasteiger partial charge in [0.2, 0.25) is 0 Å². The van der Waals surface area contributed by atoms with Crippen molar-refractivity contribution in [2.24, 2.45) is 11.3 Å². The van der Waals surface area contributed by atoms with Crippen molar-refractivity contribution in [3.63, 3.8) is 0 Å². The molecule has 2 fully saturated rings. The van der Waals surface area contributed by atoms with Gasteiger partial charge in [-0.25, -0.2) is 0 Å². The molecule has 0 aromatic rings. The summed E-state index contributed by atoms with van der Waals surface area (Å²) in [6.07, 6.45) is 10.1. The van der Waals surface area contributed by atoms with E-state index in [2.05, 4.69) is 19.2 Å². The summed E-state index contributed by atoms with van der Waals surface area (Å²) in [5.74, 6) is 1.07. The van der Waals surface area contributed by atoms with E-state index in [-0.39, 0.29) is 0 Å². The Hall–Kier alpha value is -0.0400. The zero-order valence-electron chi connectivity index (χ0n) is 9.81. The van der Waals surface area contributed by atoms with Crippen LogP contribution in [0.1, 0.15) is 58.8 Å². The van der Waals surface area contributed by atoms with Gasteiger partial charge in [-0.2, -0.15) is 0 Å². The molecule has 82 valence electrons. The molecule has 0 saturated heterocycles. The molecule has 0 aliphatic heterocycles. The van der Waals surface area contributed by atoms with Gasteiger partial charge in [0.25, 0.3) is 0 Å². The lowest BCUT2D eigenvalue weighted by atomic mass is 9.83. The second kappa shape index (κ2) is 4.22. The maximum absolute atomic E-state index is 3.74. The monoisotopic (exact) mass is 195 g/mol. The lowest BCUT2D eigenvalue weighted by Crippen LogP contribution is -2.30. The summed E-state index contributed by atoms with van der Waals surface area (Å²) in [6.45, 7) is 6.08. The third kappa shape index (κ3) is 2.73. The fourth-order valence-electron chi connectivity index (χ4n) is 2.88. The Morgan fingerprint density at radius 2 is 2.00 bits per heavy atom. The Morgan fingerprint density at radius 3 is 2.50 bits per heavy atom. The SMILES string of the molecule is CC1(C)CCC(NCCC2CCC2)C1. The van der Waals surface area contributed by atoms with Crippen molar-refractivity contribution in [1.82, 2.24) is 5.32 Å². The first-order valence-corrected chi connectivity index (χ1v) is 6.39. The molecule has 1 nitrogen and oxygen atoms in total. The van der Waals surface area contributed by atoms with E-state index >= 15 is 0 Å². The van der Waals surface area contributed by atoms with Crippen molar-refractivity contribution in [3.05, 3.63) is 0 Å². The third-order valence-electron chi connectivity index (χ3n) is 4.18. The van der Waals surface area contributed by atoms with E-state index in [4.69, 9.17) is 0 Å². The first kappa shape index (κ1) is 10.5. The van der Waals surface area contributed by atoms with Gasteiger partial charge in [0.15, 0.2) is 0 Å². The van der Waals surface area contributed by atoms with Crippen LogP contribution in [0.4, 0.5) is 0 Å². The maximum Gasteiger partial charge on any atom is 0.00723 e. The molecule has 2 aliphatic carbocycles. The number of rotatable bonds is 4. The van der Waals surface area contributed by atoms with Crippen LogP contribution < -0.4 is 5.32 Å². The summed E-state index contributed by atoms with van der Waals surface area (Å²) in [4.78, 5) is 0. The molecule has 0 spiro atoms. The fraction of sp³-hybridized carbons (Fsp3) is 1.00. The van der Waals surface area contributed by atoms with Gasteiger partial charge in [-0.3, -0.25) is 0 Å². The van der Waals surface area contributed by atoms with Crippen LogP contribution >= 0.6 is 0 Å². The lowest BCUT2D eigenvalue weighted by molar-refractivity contribution is 0.285. The van der Waals surface area contributed by atoms with Crippen molar-refractivity contribution < 1.29 is 0 Å². The van der Waals surface area contributed by atoms with Gasteiger partial charge in [-0.15, -0.1) is 0 Å². The normalized spacial score (nSPS) is 31.7. The van der Waals surface area contributed by atoms with Crippen LogP contribution in [-0.2, 0) is 0 Å². The fourth-order valence-corrected chi connectivity index (χ4v) is 2.88. The standard InChI is InChI=1S/C13H25N/c1-13(2)8-6-12(10-13)14-9-7-11-4-3-5-11/h11-12,14H,3-10H2,1-2H3. The van der Waals surface area contributed by atoms with Crippen LogP contribution in [0, 0.1) is 11.3 Å². The van der Waals surface area contributed by atoms with Gasteiger partial charge in [-0.05, 0) is 43.6 Å². The molecule has 2 aliphatic rings. The molecule has 2 rings (SSSR count). The first-order valence-electron chi connectivity index (χ1n) is 6.39. The molecule has 1 N–H and O–H groups in total. The summed E-state index contributed by atoms with van der Waals surface area (Å²) in [6, 6.07) is 0.824. The minimum Gasteiger partial charge on any atom is -0.314 e. The number of hydrogen-bond acceptors (Lipinski definition) is 1. The largest absolute Gasteiger partial charge is 0.314 e. The Morgan fingerprint density at radius 1 is 1.21 bits per heavy atom. The van der Waals surface area contributed by atoms with Gasteiger partial charge < -0.3 is 5.32 Å². The molecule has 0 aromatic heterocycles. The highest BCUT2D eigenvalue weighted by Gasteiger charge is 2.30. The second-order valence-corrected chi connectivity index (χ2v) is 6.14. The molecule has 1 heteroatoms. The highest BCUT2D eigenvalue weighted by Crippen LogP contribution is 2.37. The predicted molar refractivity (Wildman–Crippen MR) is 61.4 cm³/mol. The van der Waals surface area contributed by atoms with Crippen LogP contribution in [0.15, 0.2) is 0 Å². The van der Waals surface area contributed by atoms with Crippen molar-refractivity contribution in [1.29, 1.82) is 0 Å². The van der Waals surface area contributed by atoms with Crippen molar-refractivity contribution in [3.8, 4) is 0 Å². The smallest absolute Gasteiger partial charge is 0.00723 e. The average molecular weight is 195 g/mol. The molecular weight excluding hydrogens is 170 g/mol. The lowest BCUT2D eigenvalue weighted by Gasteiger charge is -2.26. The van der Waals surface area contributed by atoms with Gasteiger partial charge in [0.05, 0.1) is 0 Å². The number of nitrogens with one attached hydrogen (secondary N) is 1. The molecule has 0 bridgehead atoms. The second-order valence-electron chi connectivity index (χ2n) is 6.14.